The molecule has 0 spiro atoms. The van der Waals surface area contributed by atoms with Crippen LogP contribution in [0.3, 0.4) is 0 Å². The summed E-state index contributed by atoms with van der Waals surface area (Å²) >= 11 is 0. The van der Waals surface area contributed by atoms with Gasteiger partial charge in [-0.3, -0.25) is 0 Å². The number of rotatable bonds is 9. The molecule has 3 heterocycles. The Balaban J connectivity index is 1.15. The van der Waals surface area contributed by atoms with Gasteiger partial charge in [0.1, 0.15) is 0 Å². The zero-order valence-corrected chi connectivity index (χ0v) is 36.4. The first kappa shape index (κ1) is 39.5. The monoisotopic (exact) mass is 855 g/mol. The standard InChI is InChI=1S/C62H41N5/c1-7-19-42(20-8-1)48-31-33-59-53(38-48)54-39-49(43-21-9-2-10-22-43)32-34-60(54)67(59)52-36-50(61-63-55(44-23-11-3-12-24-44)40-56(64-61)45-25-13-4-14-26-45)35-51(37-52)62-65-57(46-27-15-5-16-28-46)41-58(66-62)47-29-17-6-18-30-47/h1-41H. The minimum atomic E-state index is 0.601. The maximum Gasteiger partial charge on any atom is 0.160 e. The second-order valence-corrected chi connectivity index (χ2v) is 16.7. The Morgan fingerprint density at radius 1 is 0.224 bits per heavy atom. The first-order chi connectivity index (χ1) is 33.2. The van der Waals surface area contributed by atoms with Gasteiger partial charge < -0.3 is 4.57 Å². The summed E-state index contributed by atoms with van der Waals surface area (Å²) < 4.78 is 2.37. The first-order valence-corrected chi connectivity index (χ1v) is 22.5. The third-order valence-electron chi connectivity index (χ3n) is 12.4. The Labute approximate surface area is 389 Å². The molecule has 0 saturated carbocycles. The van der Waals surface area contributed by atoms with Crippen LogP contribution in [-0.2, 0) is 0 Å². The van der Waals surface area contributed by atoms with E-state index >= 15 is 0 Å². The van der Waals surface area contributed by atoms with E-state index in [2.05, 4.69) is 180 Å². The Bertz CT molecular complexity index is 3350. The molecule has 0 amide bonds. The third-order valence-corrected chi connectivity index (χ3v) is 12.4. The predicted molar refractivity (Wildman–Crippen MR) is 275 cm³/mol. The fourth-order valence-corrected chi connectivity index (χ4v) is 9.10. The molecule has 0 aliphatic heterocycles. The molecule has 12 aromatic rings. The molecule has 3 aromatic heterocycles. The molecule has 0 unspecified atom stereocenters. The Hall–Kier alpha value is -9.06. The summed E-state index contributed by atoms with van der Waals surface area (Å²) in [6, 6.07) is 86.9. The Morgan fingerprint density at radius 2 is 0.522 bits per heavy atom. The average molecular weight is 856 g/mol. The van der Waals surface area contributed by atoms with Gasteiger partial charge in [0.05, 0.1) is 33.8 Å². The lowest BCUT2D eigenvalue weighted by molar-refractivity contribution is 1.14. The highest BCUT2D eigenvalue weighted by Crippen LogP contribution is 2.40. The molecule has 0 aliphatic carbocycles. The smallest absolute Gasteiger partial charge is 0.160 e. The molecule has 5 nitrogen and oxygen atoms in total. The van der Waals surface area contributed by atoms with Crippen molar-refractivity contribution >= 4 is 21.8 Å². The van der Waals surface area contributed by atoms with Crippen LogP contribution >= 0.6 is 0 Å². The van der Waals surface area contributed by atoms with Gasteiger partial charge in [-0.1, -0.05) is 194 Å². The minimum absolute atomic E-state index is 0.601. The van der Waals surface area contributed by atoms with E-state index in [9.17, 15) is 0 Å². The molecule has 0 bridgehead atoms. The molecule has 0 aliphatic rings. The van der Waals surface area contributed by atoms with Crippen LogP contribution in [0, 0.1) is 0 Å². The molecule has 12 rings (SSSR count). The third kappa shape index (κ3) is 7.75. The SMILES string of the molecule is c1ccc(-c2ccc3c(c2)c2cc(-c4ccccc4)ccc2n3-c2cc(-c3nc(-c4ccccc4)cc(-c4ccccc4)n3)cc(-c3nc(-c4ccccc4)cc(-c4ccccc4)n3)c2)cc1. The molecule has 0 N–H and O–H groups in total. The van der Waals surface area contributed by atoms with Crippen molar-refractivity contribution in [2.75, 3.05) is 0 Å². The topological polar surface area (TPSA) is 56.5 Å². The van der Waals surface area contributed by atoms with E-state index in [4.69, 9.17) is 19.9 Å². The summed E-state index contributed by atoms with van der Waals surface area (Å²) in [6.45, 7) is 0. The van der Waals surface area contributed by atoms with Crippen LogP contribution in [0.15, 0.2) is 249 Å². The summed E-state index contributed by atoms with van der Waals surface area (Å²) in [7, 11) is 0. The van der Waals surface area contributed by atoms with Gasteiger partial charge in [0.15, 0.2) is 11.6 Å². The van der Waals surface area contributed by atoms with Gasteiger partial charge in [-0.2, -0.15) is 0 Å². The van der Waals surface area contributed by atoms with Crippen molar-refractivity contribution in [3.8, 4) is 95.7 Å². The van der Waals surface area contributed by atoms with Crippen LogP contribution in [-0.4, -0.2) is 24.5 Å². The maximum atomic E-state index is 5.34. The number of fused-ring (bicyclic) bond motifs is 3. The molecule has 0 fully saturated rings. The molecule has 67 heavy (non-hydrogen) atoms. The second kappa shape index (κ2) is 17.1. The molecule has 314 valence electrons. The summed E-state index contributed by atoms with van der Waals surface area (Å²) in [5, 5.41) is 2.31. The highest BCUT2D eigenvalue weighted by Gasteiger charge is 2.20. The van der Waals surface area contributed by atoms with Crippen LogP contribution in [0.25, 0.3) is 118 Å². The number of aromatic nitrogens is 5. The van der Waals surface area contributed by atoms with Crippen molar-refractivity contribution in [1.29, 1.82) is 0 Å². The zero-order valence-electron chi connectivity index (χ0n) is 36.4. The molecule has 9 aromatic carbocycles. The summed E-state index contributed by atoms with van der Waals surface area (Å²) in [6.07, 6.45) is 0. The van der Waals surface area contributed by atoms with Crippen molar-refractivity contribution in [2.45, 2.75) is 0 Å². The highest BCUT2D eigenvalue weighted by atomic mass is 15.0. The lowest BCUT2D eigenvalue weighted by Gasteiger charge is -2.15. The fourth-order valence-electron chi connectivity index (χ4n) is 9.10. The number of hydrogen-bond donors (Lipinski definition) is 0. The van der Waals surface area contributed by atoms with Gasteiger partial charge in [-0.05, 0) is 76.9 Å². The van der Waals surface area contributed by atoms with E-state index < -0.39 is 0 Å². The molecule has 0 saturated heterocycles. The van der Waals surface area contributed by atoms with Gasteiger partial charge in [-0.25, -0.2) is 19.9 Å². The second-order valence-electron chi connectivity index (χ2n) is 16.7. The van der Waals surface area contributed by atoms with E-state index in [1.807, 2.05) is 72.8 Å². The van der Waals surface area contributed by atoms with Gasteiger partial charge >= 0.3 is 0 Å². The molecular weight excluding hydrogens is 815 g/mol. The van der Waals surface area contributed by atoms with E-state index in [1.54, 1.807) is 0 Å². The Morgan fingerprint density at radius 3 is 0.836 bits per heavy atom. The molecular formula is C62H41N5. The van der Waals surface area contributed by atoms with Crippen LogP contribution in [0.1, 0.15) is 0 Å². The molecule has 0 radical (unpaired) electrons. The minimum Gasteiger partial charge on any atom is -0.309 e. The number of benzene rings is 9. The average Bonchev–Trinajstić information content (AvgIpc) is 3.75. The van der Waals surface area contributed by atoms with Crippen molar-refractivity contribution in [1.82, 2.24) is 24.5 Å². The number of hydrogen-bond acceptors (Lipinski definition) is 4. The van der Waals surface area contributed by atoms with Gasteiger partial charge in [0.2, 0.25) is 0 Å². The van der Waals surface area contributed by atoms with Crippen molar-refractivity contribution < 1.29 is 0 Å². The quantitative estimate of drug-likeness (QED) is 0.145. The summed E-state index contributed by atoms with van der Waals surface area (Å²) in [5.74, 6) is 1.20. The van der Waals surface area contributed by atoms with Crippen LogP contribution in [0.4, 0.5) is 0 Å². The van der Waals surface area contributed by atoms with Gasteiger partial charge in [0.25, 0.3) is 0 Å². The zero-order chi connectivity index (χ0) is 44.5. The van der Waals surface area contributed by atoms with E-state index in [0.717, 1.165) is 94.8 Å². The van der Waals surface area contributed by atoms with E-state index in [1.165, 1.54) is 11.1 Å². The normalized spacial score (nSPS) is 11.3. The first-order valence-electron chi connectivity index (χ1n) is 22.5. The summed E-state index contributed by atoms with van der Waals surface area (Å²) in [4.78, 5) is 21.4. The largest absolute Gasteiger partial charge is 0.309 e. The van der Waals surface area contributed by atoms with Crippen molar-refractivity contribution in [3.05, 3.63) is 249 Å². The predicted octanol–water partition coefficient (Wildman–Crippen LogP) is 15.7. The van der Waals surface area contributed by atoms with Crippen molar-refractivity contribution in [3.63, 3.8) is 0 Å². The van der Waals surface area contributed by atoms with Crippen LogP contribution in [0.5, 0.6) is 0 Å². The van der Waals surface area contributed by atoms with Gasteiger partial charge in [0, 0.05) is 49.8 Å². The maximum absolute atomic E-state index is 5.34. The number of nitrogens with zero attached hydrogens (tertiary/aromatic N) is 5. The molecule has 5 heteroatoms. The van der Waals surface area contributed by atoms with Crippen LogP contribution < -0.4 is 0 Å². The summed E-state index contributed by atoms with van der Waals surface area (Å²) in [5.41, 5.74) is 16.8. The molecule has 0 atom stereocenters. The fraction of sp³-hybridized carbons (Fsp3) is 0. The van der Waals surface area contributed by atoms with Crippen molar-refractivity contribution in [2.24, 2.45) is 0 Å². The van der Waals surface area contributed by atoms with E-state index in [-0.39, 0.29) is 0 Å². The van der Waals surface area contributed by atoms with Crippen LogP contribution in [0.2, 0.25) is 0 Å². The Kier molecular flexibility index (Phi) is 10.1. The van der Waals surface area contributed by atoms with Gasteiger partial charge in [-0.15, -0.1) is 0 Å². The lowest BCUT2D eigenvalue weighted by atomic mass is 10.0. The van der Waals surface area contributed by atoms with E-state index in [0.29, 0.717) is 11.6 Å². The lowest BCUT2D eigenvalue weighted by Crippen LogP contribution is -2.01. The highest BCUT2D eigenvalue weighted by molar-refractivity contribution is 6.12.